The fourth-order valence-electron chi connectivity index (χ4n) is 1.71. The van der Waals surface area contributed by atoms with Crippen LogP contribution in [0.15, 0.2) is 22.7 Å². The lowest BCUT2D eigenvalue weighted by Gasteiger charge is -2.19. The topological polar surface area (TPSA) is 38.3 Å². The summed E-state index contributed by atoms with van der Waals surface area (Å²) in [5.74, 6) is 1.05. The van der Waals surface area contributed by atoms with Gasteiger partial charge in [0.1, 0.15) is 5.75 Å². The van der Waals surface area contributed by atoms with E-state index in [4.69, 9.17) is 4.74 Å². The van der Waals surface area contributed by atoms with Crippen molar-refractivity contribution in [2.45, 2.75) is 46.1 Å². The molecule has 1 unspecified atom stereocenters. The van der Waals surface area contributed by atoms with E-state index in [1.165, 1.54) is 0 Å². The largest absolute Gasteiger partial charge is 0.481 e. The number of hydrogen-bond donors (Lipinski definition) is 1. The number of carbonyl (C=O) groups is 1. The van der Waals surface area contributed by atoms with E-state index in [9.17, 15) is 4.79 Å². The SMILES string of the molecule is CCCNC(=O)C(C)Oc1ccc(Br)cc1C(C)C. The van der Waals surface area contributed by atoms with Crippen LogP contribution in [0, 0.1) is 0 Å². The van der Waals surface area contributed by atoms with Crippen molar-refractivity contribution in [3.8, 4) is 5.75 Å². The molecule has 19 heavy (non-hydrogen) atoms. The molecule has 0 saturated heterocycles. The molecule has 1 atom stereocenters. The molecule has 0 aromatic heterocycles. The van der Waals surface area contributed by atoms with Crippen LogP contribution in [0.4, 0.5) is 0 Å². The summed E-state index contributed by atoms with van der Waals surface area (Å²) in [6.45, 7) is 8.70. The third kappa shape index (κ3) is 4.86. The minimum absolute atomic E-state index is 0.0699. The number of benzene rings is 1. The summed E-state index contributed by atoms with van der Waals surface area (Å²) >= 11 is 3.46. The zero-order valence-corrected chi connectivity index (χ0v) is 13.6. The number of amides is 1. The van der Waals surface area contributed by atoms with Gasteiger partial charge in [0.15, 0.2) is 6.10 Å². The summed E-state index contributed by atoms with van der Waals surface area (Å²) < 4.78 is 6.81. The van der Waals surface area contributed by atoms with Crippen LogP contribution in [0.3, 0.4) is 0 Å². The predicted molar refractivity (Wildman–Crippen MR) is 81.6 cm³/mol. The lowest BCUT2D eigenvalue weighted by molar-refractivity contribution is -0.127. The van der Waals surface area contributed by atoms with Crippen LogP contribution in [0.2, 0.25) is 0 Å². The van der Waals surface area contributed by atoms with E-state index in [1.807, 2.05) is 25.1 Å². The zero-order chi connectivity index (χ0) is 14.4. The molecule has 0 fully saturated rings. The van der Waals surface area contributed by atoms with Crippen LogP contribution < -0.4 is 10.1 Å². The Hall–Kier alpha value is -1.03. The molecule has 4 heteroatoms. The maximum Gasteiger partial charge on any atom is 0.260 e. The van der Waals surface area contributed by atoms with Crippen LogP contribution in [0.5, 0.6) is 5.75 Å². The van der Waals surface area contributed by atoms with Gasteiger partial charge in [0.2, 0.25) is 0 Å². The van der Waals surface area contributed by atoms with Gasteiger partial charge >= 0.3 is 0 Å². The van der Waals surface area contributed by atoms with Gasteiger partial charge in [-0.3, -0.25) is 4.79 Å². The molecule has 1 amide bonds. The molecular formula is C15H22BrNO2. The second-order valence-corrected chi connectivity index (χ2v) is 5.80. The second-order valence-electron chi connectivity index (χ2n) is 4.89. The predicted octanol–water partition coefficient (Wildman–Crippen LogP) is 3.87. The molecule has 0 bridgehead atoms. The maximum absolute atomic E-state index is 11.8. The van der Waals surface area contributed by atoms with E-state index in [1.54, 1.807) is 6.92 Å². The Balaban J connectivity index is 2.78. The number of halogens is 1. The Bertz CT molecular complexity index is 432. The van der Waals surface area contributed by atoms with Crippen molar-refractivity contribution in [1.82, 2.24) is 5.32 Å². The van der Waals surface area contributed by atoms with Crippen LogP contribution in [-0.2, 0) is 4.79 Å². The highest BCUT2D eigenvalue weighted by Crippen LogP contribution is 2.30. The highest BCUT2D eigenvalue weighted by molar-refractivity contribution is 9.10. The van der Waals surface area contributed by atoms with Crippen LogP contribution in [0.25, 0.3) is 0 Å². The average molecular weight is 328 g/mol. The molecule has 1 N–H and O–H groups in total. The normalized spacial score (nSPS) is 12.3. The van der Waals surface area contributed by atoms with Crippen LogP contribution >= 0.6 is 15.9 Å². The Labute approximate surface area is 123 Å². The first-order valence-corrected chi connectivity index (χ1v) is 7.48. The Morgan fingerprint density at radius 1 is 1.37 bits per heavy atom. The second kappa shape index (κ2) is 7.53. The van der Waals surface area contributed by atoms with Crippen molar-refractivity contribution < 1.29 is 9.53 Å². The van der Waals surface area contributed by atoms with Crippen molar-refractivity contribution in [2.75, 3.05) is 6.54 Å². The molecule has 106 valence electrons. The van der Waals surface area contributed by atoms with Gasteiger partial charge in [0, 0.05) is 11.0 Å². The van der Waals surface area contributed by atoms with Crippen molar-refractivity contribution in [2.24, 2.45) is 0 Å². The lowest BCUT2D eigenvalue weighted by Crippen LogP contribution is -2.36. The summed E-state index contributed by atoms with van der Waals surface area (Å²) in [6, 6.07) is 5.87. The first-order chi connectivity index (χ1) is 8.95. The molecule has 0 saturated carbocycles. The maximum atomic E-state index is 11.8. The minimum Gasteiger partial charge on any atom is -0.481 e. The van der Waals surface area contributed by atoms with Crippen molar-refractivity contribution >= 4 is 21.8 Å². The van der Waals surface area contributed by atoms with E-state index in [-0.39, 0.29) is 5.91 Å². The first-order valence-electron chi connectivity index (χ1n) is 6.69. The molecular weight excluding hydrogens is 306 g/mol. The van der Waals surface area contributed by atoms with E-state index < -0.39 is 6.10 Å². The van der Waals surface area contributed by atoms with Gasteiger partial charge in [-0.15, -0.1) is 0 Å². The molecule has 0 aliphatic carbocycles. The zero-order valence-electron chi connectivity index (χ0n) is 12.0. The number of carbonyl (C=O) groups excluding carboxylic acids is 1. The number of hydrogen-bond acceptors (Lipinski definition) is 2. The van der Waals surface area contributed by atoms with Gasteiger partial charge in [0.05, 0.1) is 0 Å². The molecule has 0 heterocycles. The van der Waals surface area contributed by atoms with E-state index in [0.717, 1.165) is 22.2 Å². The molecule has 1 aromatic rings. The molecule has 0 radical (unpaired) electrons. The van der Waals surface area contributed by atoms with E-state index in [0.29, 0.717) is 12.5 Å². The van der Waals surface area contributed by atoms with Gasteiger partial charge in [-0.2, -0.15) is 0 Å². The van der Waals surface area contributed by atoms with Crippen LogP contribution in [0.1, 0.15) is 45.6 Å². The quantitative estimate of drug-likeness (QED) is 0.861. The van der Waals surface area contributed by atoms with Gasteiger partial charge in [-0.25, -0.2) is 0 Å². The number of ether oxygens (including phenoxy) is 1. The molecule has 1 aromatic carbocycles. The summed E-state index contributed by atoms with van der Waals surface area (Å²) in [7, 11) is 0. The van der Waals surface area contributed by atoms with Gasteiger partial charge in [-0.05, 0) is 43.0 Å². The highest BCUT2D eigenvalue weighted by Gasteiger charge is 2.17. The van der Waals surface area contributed by atoms with Gasteiger partial charge < -0.3 is 10.1 Å². The van der Waals surface area contributed by atoms with E-state index >= 15 is 0 Å². The third-order valence-corrected chi connectivity index (χ3v) is 3.31. The first kappa shape index (κ1) is 16.0. The van der Waals surface area contributed by atoms with Crippen molar-refractivity contribution in [3.05, 3.63) is 28.2 Å². The van der Waals surface area contributed by atoms with Crippen LogP contribution in [-0.4, -0.2) is 18.6 Å². The summed E-state index contributed by atoms with van der Waals surface area (Å²) in [5, 5.41) is 2.84. The summed E-state index contributed by atoms with van der Waals surface area (Å²) in [4.78, 5) is 11.8. The third-order valence-electron chi connectivity index (χ3n) is 2.82. The molecule has 0 spiro atoms. The molecule has 0 aliphatic heterocycles. The number of rotatable bonds is 6. The smallest absolute Gasteiger partial charge is 0.260 e. The Morgan fingerprint density at radius 3 is 2.63 bits per heavy atom. The fraction of sp³-hybridized carbons (Fsp3) is 0.533. The molecule has 0 aliphatic rings. The summed E-state index contributed by atoms with van der Waals surface area (Å²) in [5.41, 5.74) is 1.10. The molecule has 3 nitrogen and oxygen atoms in total. The molecule has 1 rings (SSSR count). The Kier molecular flexibility index (Phi) is 6.35. The Morgan fingerprint density at radius 2 is 2.05 bits per heavy atom. The fourth-order valence-corrected chi connectivity index (χ4v) is 2.09. The summed E-state index contributed by atoms with van der Waals surface area (Å²) in [6.07, 6.45) is 0.443. The van der Waals surface area contributed by atoms with Crippen molar-refractivity contribution in [3.63, 3.8) is 0 Å². The van der Waals surface area contributed by atoms with Gasteiger partial charge in [0.25, 0.3) is 5.91 Å². The standard InChI is InChI=1S/C15H22BrNO2/c1-5-8-17-15(18)11(4)19-14-7-6-12(16)9-13(14)10(2)3/h6-7,9-11H,5,8H2,1-4H3,(H,17,18). The number of nitrogens with one attached hydrogen (secondary N) is 1. The van der Waals surface area contributed by atoms with E-state index in [2.05, 4.69) is 35.1 Å². The minimum atomic E-state index is -0.481. The van der Waals surface area contributed by atoms with Crippen molar-refractivity contribution in [1.29, 1.82) is 0 Å². The van der Waals surface area contributed by atoms with Gasteiger partial charge in [-0.1, -0.05) is 36.7 Å². The highest BCUT2D eigenvalue weighted by atomic mass is 79.9. The monoisotopic (exact) mass is 327 g/mol. The lowest BCUT2D eigenvalue weighted by atomic mass is 10.0. The average Bonchev–Trinajstić information content (AvgIpc) is 2.37.